The van der Waals surface area contributed by atoms with Crippen LogP contribution in [0.25, 0.3) is 0 Å². The smallest absolute Gasteiger partial charge is 0.462 e. The van der Waals surface area contributed by atoms with Crippen molar-refractivity contribution in [3.05, 3.63) is 0 Å². The molecule has 3 N–H and O–H groups in total. The highest BCUT2D eigenvalue weighted by Crippen LogP contribution is 2.45. The molecule has 5 atom stereocenters. The molecule has 0 aliphatic carbocycles. The van der Waals surface area contributed by atoms with Gasteiger partial charge in [-0.15, -0.1) is 0 Å². The second-order valence-corrected chi connectivity index (χ2v) is 32.7. The van der Waals surface area contributed by atoms with Crippen molar-refractivity contribution < 1.29 is 80.2 Å². The Kier molecular flexibility index (Phi) is 70.3. The molecule has 99 heavy (non-hydrogen) atoms. The van der Waals surface area contributed by atoms with Crippen molar-refractivity contribution in [2.75, 3.05) is 39.6 Å². The fourth-order valence-electron chi connectivity index (χ4n) is 12.4. The number of esters is 4. The Morgan fingerprint density at radius 2 is 0.465 bits per heavy atom. The van der Waals surface area contributed by atoms with Crippen molar-refractivity contribution in [1.82, 2.24) is 0 Å². The number of carbonyl (C=O) groups is 4. The van der Waals surface area contributed by atoms with Gasteiger partial charge in [0, 0.05) is 25.7 Å². The molecule has 0 radical (unpaired) electrons. The first-order valence-corrected chi connectivity index (χ1v) is 44.5. The number of phosphoric ester groups is 2. The number of phosphoric acid groups is 2. The van der Waals surface area contributed by atoms with Gasteiger partial charge in [0.25, 0.3) is 0 Å². The Morgan fingerprint density at radius 1 is 0.273 bits per heavy atom. The molecule has 17 nitrogen and oxygen atoms in total. The summed E-state index contributed by atoms with van der Waals surface area (Å²) < 4.78 is 68.4. The van der Waals surface area contributed by atoms with Gasteiger partial charge in [-0.3, -0.25) is 37.3 Å². The zero-order valence-electron chi connectivity index (χ0n) is 64.8. The molecule has 0 amide bonds. The fraction of sp³-hybridized carbons (Fsp3) is 0.950. The van der Waals surface area contributed by atoms with Crippen LogP contribution >= 0.6 is 15.6 Å². The Hall–Kier alpha value is -1.94. The van der Waals surface area contributed by atoms with Crippen LogP contribution in [0.15, 0.2) is 0 Å². The zero-order chi connectivity index (χ0) is 72.8. The van der Waals surface area contributed by atoms with Crippen molar-refractivity contribution in [3.8, 4) is 0 Å². The molecule has 0 aliphatic rings. The van der Waals surface area contributed by atoms with Gasteiger partial charge in [-0.05, 0) is 37.5 Å². The van der Waals surface area contributed by atoms with Crippen LogP contribution in [0.2, 0.25) is 0 Å². The number of rotatable bonds is 79. The summed E-state index contributed by atoms with van der Waals surface area (Å²) in [6, 6.07) is 0. The third kappa shape index (κ3) is 74.1. The average Bonchev–Trinajstić information content (AvgIpc) is 1.01. The first-order valence-electron chi connectivity index (χ1n) is 41.5. The number of ether oxygens (including phenoxy) is 4. The van der Waals surface area contributed by atoms with Crippen LogP contribution in [0, 0.1) is 11.8 Å². The molecule has 0 rings (SSSR count). The molecule has 0 saturated heterocycles. The molecule has 0 aromatic rings. The molecule has 0 aromatic heterocycles. The highest BCUT2D eigenvalue weighted by Gasteiger charge is 2.30. The lowest BCUT2D eigenvalue weighted by atomic mass is 10.0. The van der Waals surface area contributed by atoms with E-state index in [1.54, 1.807) is 0 Å². The lowest BCUT2D eigenvalue weighted by molar-refractivity contribution is -0.161. The van der Waals surface area contributed by atoms with Crippen LogP contribution in [0.1, 0.15) is 420 Å². The molecular formula is C80H156O17P2. The SMILES string of the molecule is CCCCCCCCCCCCCCCCC(=O)O[C@H](COC(=O)CCCCCCC)COP(=O)(O)OC[C@H](O)COP(=O)(O)OC[C@@H](COC(=O)CCCCCCCCCCCCCCCCCCC(C)C)OC(=O)CCCCCCCCCCCCCCCCCCCCC(C)C. The minimum Gasteiger partial charge on any atom is -0.462 e. The van der Waals surface area contributed by atoms with Gasteiger partial charge in [0.2, 0.25) is 0 Å². The summed E-state index contributed by atoms with van der Waals surface area (Å²) in [5.74, 6) is -0.488. The molecule has 0 spiro atoms. The minimum atomic E-state index is -4.96. The van der Waals surface area contributed by atoms with E-state index in [-0.39, 0.29) is 25.7 Å². The van der Waals surface area contributed by atoms with E-state index >= 15 is 0 Å². The summed E-state index contributed by atoms with van der Waals surface area (Å²) >= 11 is 0. The predicted molar refractivity (Wildman–Crippen MR) is 405 cm³/mol. The van der Waals surface area contributed by atoms with E-state index < -0.39 is 97.5 Å². The Balaban J connectivity index is 5.12. The number of carbonyl (C=O) groups excluding carboxylic acids is 4. The first-order chi connectivity index (χ1) is 47.9. The number of hydrogen-bond donors (Lipinski definition) is 3. The van der Waals surface area contributed by atoms with Crippen molar-refractivity contribution >= 4 is 39.5 Å². The number of unbranched alkanes of at least 4 members (excludes halogenated alkanes) is 49. The first kappa shape index (κ1) is 97.1. The second-order valence-electron chi connectivity index (χ2n) is 29.8. The molecule has 0 saturated carbocycles. The average molecular weight is 1450 g/mol. The number of aliphatic hydroxyl groups excluding tert-OH is 1. The maximum absolute atomic E-state index is 13.1. The summed E-state index contributed by atoms with van der Waals surface area (Å²) in [5.41, 5.74) is 0. The fourth-order valence-corrected chi connectivity index (χ4v) is 13.9. The van der Waals surface area contributed by atoms with E-state index in [9.17, 15) is 43.2 Å². The third-order valence-electron chi connectivity index (χ3n) is 18.7. The Bertz CT molecular complexity index is 1910. The van der Waals surface area contributed by atoms with Crippen LogP contribution in [-0.2, 0) is 65.4 Å². The monoisotopic (exact) mass is 1450 g/mol. The largest absolute Gasteiger partial charge is 0.472 e. The molecule has 19 heteroatoms. The zero-order valence-corrected chi connectivity index (χ0v) is 66.6. The van der Waals surface area contributed by atoms with Crippen LogP contribution in [0.5, 0.6) is 0 Å². The standard InChI is InChI=1S/C80H156O17P2/c1-7-9-11-13-14-15-16-17-30-36-41-46-52-58-64-79(84)96-75(68-90-77(82)62-56-48-12-10-8-2)70-94-98(86,87)92-66-74(81)67-93-99(88,89)95-71-76(69-91-78(83)63-57-51-45-40-35-31-26-23-22-25-29-34-39-44-50-55-61-73(5)6)97-80(85)65-59-53-47-42-37-32-27-21-19-18-20-24-28-33-38-43-49-54-60-72(3)4/h72-76,81H,7-71H2,1-6H3,(H,86,87)(H,88,89)/t74-,75+,76+/m0/s1. The highest BCUT2D eigenvalue weighted by molar-refractivity contribution is 7.47. The summed E-state index contributed by atoms with van der Waals surface area (Å²) in [6.45, 7) is 9.61. The van der Waals surface area contributed by atoms with Crippen LogP contribution in [0.4, 0.5) is 0 Å². The number of hydrogen-bond acceptors (Lipinski definition) is 15. The third-order valence-corrected chi connectivity index (χ3v) is 20.6. The van der Waals surface area contributed by atoms with E-state index in [0.717, 1.165) is 108 Å². The summed E-state index contributed by atoms with van der Waals surface area (Å²) in [4.78, 5) is 72.7. The van der Waals surface area contributed by atoms with Crippen LogP contribution in [0.3, 0.4) is 0 Å². The van der Waals surface area contributed by atoms with E-state index in [1.165, 1.54) is 231 Å². The molecule has 0 fully saturated rings. The van der Waals surface area contributed by atoms with Crippen molar-refractivity contribution in [2.24, 2.45) is 11.8 Å². The van der Waals surface area contributed by atoms with E-state index in [4.69, 9.17) is 37.0 Å². The van der Waals surface area contributed by atoms with E-state index in [2.05, 4.69) is 41.5 Å². The van der Waals surface area contributed by atoms with Gasteiger partial charge in [0.1, 0.15) is 19.3 Å². The lowest BCUT2D eigenvalue weighted by Gasteiger charge is -2.21. The van der Waals surface area contributed by atoms with Crippen molar-refractivity contribution in [2.45, 2.75) is 439 Å². The van der Waals surface area contributed by atoms with Gasteiger partial charge >= 0.3 is 39.5 Å². The highest BCUT2D eigenvalue weighted by atomic mass is 31.2. The molecule has 0 aliphatic heterocycles. The summed E-state index contributed by atoms with van der Waals surface area (Å²) in [5, 5.41) is 10.6. The number of aliphatic hydroxyl groups is 1. The van der Waals surface area contributed by atoms with Crippen LogP contribution in [-0.4, -0.2) is 96.7 Å². The Morgan fingerprint density at radius 3 is 0.687 bits per heavy atom. The second kappa shape index (κ2) is 71.7. The topological polar surface area (TPSA) is 237 Å². The van der Waals surface area contributed by atoms with Gasteiger partial charge in [-0.1, -0.05) is 369 Å². The Labute approximate surface area is 607 Å². The van der Waals surface area contributed by atoms with E-state index in [0.29, 0.717) is 25.7 Å². The van der Waals surface area contributed by atoms with Crippen molar-refractivity contribution in [3.63, 3.8) is 0 Å². The van der Waals surface area contributed by atoms with Gasteiger partial charge < -0.3 is 33.8 Å². The molecule has 0 bridgehead atoms. The van der Waals surface area contributed by atoms with Crippen LogP contribution < -0.4 is 0 Å². The maximum Gasteiger partial charge on any atom is 0.472 e. The van der Waals surface area contributed by atoms with Crippen molar-refractivity contribution in [1.29, 1.82) is 0 Å². The molecule has 2 unspecified atom stereocenters. The van der Waals surface area contributed by atoms with Gasteiger partial charge in [-0.2, -0.15) is 0 Å². The molecular weight excluding hydrogens is 1290 g/mol. The van der Waals surface area contributed by atoms with Gasteiger partial charge in [0.05, 0.1) is 26.4 Å². The van der Waals surface area contributed by atoms with Gasteiger partial charge in [0.15, 0.2) is 12.2 Å². The van der Waals surface area contributed by atoms with E-state index in [1.807, 2.05) is 0 Å². The minimum absolute atomic E-state index is 0.107. The molecule has 588 valence electrons. The predicted octanol–water partition coefficient (Wildman–Crippen LogP) is 23.9. The molecule has 0 heterocycles. The summed E-state index contributed by atoms with van der Waals surface area (Å²) in [6.07, 6.45) is 61.5. The quantitative estimate of drug-likeness (QED) is 0.0222. The molecule has 0 aromatic carbocycles. The summed E-state index contributed by atoms with van der Waals surface area (Å²) in [7, 11) is -9.91. The normalized spacial score (nSPS) is 13.9. The van der Waals surface area contributed by atoms with Gasteiger partial charge in [-0.25, -0.2) is 9.13 Å². The lowest BCUT2D eigenvalue weighted by Crippen LogP contribution is -2.30. The maximum atomic E-state index is 13.1.